The van der Waals surface area contributed by atoms with E-state index in [-0.39, 0.29) is 0 Å². The molecule has 0 aromatic carbocycles. The van der Waals surface area contributed by atoms with E-state index in [2.05, 4.69) is 19.0 Å². The van der Waals surface area contributed by atoms with Gasteiger partial charge in [-0.2, -0.15) is 0 Å². The Kier molecular flexibility index (Phi) is 2.09. The fraction of sp³-hybridized carbons (Fsp3) is 0.909. The van der Waals surface area contributed by atoms with Gasteiger partial charge in [0.05, 0.1) is 0 Å². The van der Waals surface area contributed by atoms with Gasteiger partial charge >= 0.3 is 0 Å². The minimum Gasteiger partial charge on any atom is -0.411 e. The second kappa shape index (κ2) is 3.00. The zero-order chi connectivity index (χ0) is 9.47. The van der Waals surface area contributed by atoms with Crippen LogP contribution in [0.3, 0.4) is 0 Å². The van der Waals surface area contributed by atoms with E-state index in [0.717, 1.165) is 24.2 Å². The van der Waals surface area contributed by atoms with E-state index < -0.39 is 0 Å². The predicted molar refractivity (Wildman–Crippen MR) is 53.0 cm³/mol. The van der Waals surface area contributed by atoms with Gasteiger partial charge in [0.25, 0.3) is 0 Å². The molecule has 0 aliphatic heterocycles. The monoisotopic (exact) mass is 181 g/mol. The van der Waals surface area contributed by atoms with Gasteiger partial charge in [0.15, 0.2) is 0 Å². The zero-order valence-corrected chi connectivity index (χ0v) is 8.53. The van der Waals surface area contributed by atoms with Gasteiger partial charge in [0, 0.05) is 6.21 Å². The third-order valence-electron chi connectivity index (χ3n) is 4.49. The van der Waals surface area contributed by atoms with Crippen LogP contribution in [0, 0.1) is 23.2 Å². The summed E-state index contributed by atoms with van der Waals surface area (Å²) in [5, 5.41) is 11.6. The summed E-state index contributed by atoms with van der Waals surface area (Å²) in [6, 6.07) is 0. The van der Waals surface area contributed by atoms with E-state index in [1.54, 1.807) is 6.21 Å². The Labute approximate surface area is 80.0 Å². The van der Waals surface area contributed by atoms with Crippen molar-refractivity contribution in [1.82, 2.24) is 0 Å². The van der Waals surface area contributed by atoms with E-state index in [9.17, 15) is 0 Å². The number of nitrogens with zero attached hydrogens (tertiary/aromatic N) is 1. The lowest BCUT2D eigenvalue weighted by Crippen LogP contribution is -2.30. The van der Waals surface area contributed by atoms with Crippen molar-refractivity contribution >= 4 is 6.21 Å². The highest BCUT2D eigenvalue weighted by molar-refractivity contribution is 5.57. The molecule has 2 aliphatic carbocycles. The summed E-state index contributed by atoms with van der Waals surface area (Å²) in [5.41, 5.74) is 0.476. The molecule has 0 radical (unpaired) electrons. The number of fused-ring (bicyclic) bond motifs is 2. The molecule has 74 valence electrons. The van der Waals surface area contributed by atoms with Crippen LogP contribution in [0.1, 0.15) is 39.5 Å². The second-order valence-corrected chi connectivity index (χ2v) is 5.23. The molecule has 0 aromatic heterocycles. The van der Waals surface area contributed by atoms with Crippen molar-refractivity contribution in [2.24, 2.45) is 28.3 Å². The molecular formula is C11H19NO. The molecule has 2 fully saturated rings. The fourth-order valence-electron chi connectivity index (χ4n) is 3.62. The van der Waals surface area contributed by atoms with Crippen LogP contribution in [0.2, 0.25) is 0 Å². The SMILES string of the molecule is CC1(C)C2CCC(C2)C1CC=NO. The first-order chi connectivity index (χ1) is 6.16. The van der Waals surface area contributed by atoms with Gasteiger partial charge in [-0.1, -0.05) is 13.8 Å². The molecule has 3 atom stereocenters. The van der Waals surface area contributed by atoms with Crippen LogP contribution >= 0.6 is 0 Å². The Balaban J connectivity index is 2.09. The van der Waals surface area contributed by atoms with Crippen LogP contribution in [0.5, 0.6) is 0 Å². The maximum Gasteiger partial charge on any atom is 0.0439 e. The van der Waals surface area contributed by atoms with Crippen molar-refractivity contribution in [3.63, 3.8) is 0 Å². The molecule has 13 heavy (non-hydrogen) atoms. The Morgan fingerprint density at radius 1 is 1.46 bits per heavy atom. The van der Waals surface area contributed by atoms with Crippen molar-refractivity contribution in [2.45, 2.75) is 39.5 Å². The van der Waals surface area contributed by atoms with Gasteiger partial charge in [-0.25, -0.2) is 0 Å². The smallest absolute Gasteiger partial charge is 0.0439 e. The molecule has 1 N–H and O–H groups in total. The van der Waals surface area contributed by atoms with Gasteiger partial charge in [-0.05, 0) is 48.9 Å². The maximum atomic E-state index is 8.44. The van der Waals surface area contributed by atoms with E-state index in [0.29, 0.717) is 5.41 Å². The van der Waals surface area contributed by atoms with Crippen molar-refractivity contribution in [3.8, 4) is 0 Å². The van der Waals surface area contributed by atoms with E-state index in [4.69, 9.17) is 5.21 Å². The molecule has 2 saturated carbocycles. The first kappa shape index (κ1) is 9.04. The number of rotatable bonds is 2. The highest BCUT2D eigenvalue weighted by Crippen LogP contribution is 2.60. The maximum absolute atomic E-state index is 8.44. The molecule has 3 unspecified atom stereocenters. The largest absolute Gasteiger partial charge is 0.411 e. The molecule has 2 bridgehead atoms. The van der Waals surface area contributed by atoms with E-state index >= 15 is 0 Å². The standard InChI is InChI=1S/C11H19NO/c1-11(2)9-4-3-8(7-9)10(11)5-6-12-13/h6,8-10,13H,3-5,7H2,1-2H3. The van der Waals surface area contributed by atoms with Crippen molar-refractivity contribution in [1.29, 1.82) is 0 Å². The molecular weight excluding hydrogens is 162 g/mol. The van der Waals surface area contributed by atoms with Crippen LogP contribution in [-0.2, 0) is 0 Å². The molecule has 2 heteroatoms. The lowest BCUT2D eigenvalue weighted by molar-refractivity contribution is 0.128. The second-order valence-electron chi connectivity index (χ2n) is 5.23. The summed E-state index contributed by atoms with van der Waals surface area (Å²) in [5.74, 6) is 2.58. The normalized spacial score (nSPS) is 41.8. The van der Waals surface area contributed by atoms with E-state index in [1.165, 1.54) is 19.3 Å². The molecule has 0 heterocycles. The van der Waals surface area contributed by atoms with Gasteiger partial charge < -0.3 is 5.21 Å². The first-order valence-electron chi connectivity index (χ1n) is 5.32. The molecule has 2 aliphatic rings. The van der Waals surface area contributed by atoms with Gasteiger partial charge in [-0.15, -0.1) is 5.16 Å². The highest BCUT2D eigenvalue weighted by Gasteiger charge is 2.51. The minimum atomic E-state index is 0.476. The first-order valence-corrected chi connectivity index (χ1v) is 5.32. The Hall–Kier alpha value is -0.530. The van der Waals surface area contributed by atoms with Crippen LogP contribution < -0.4 is 0 Å². The Morgan fingerprint density at radius 3 is 2.77 bits per heavy atom. The van der Waals surface area contributed by atoms with Crippen LogP contribution in [-0.4, -0.2) is 11.4 Å². The average molecular weight is 181 g/mol. The summed E-state index contributed by atoms with van der Waals surface area (Å²) >= 11 is 0. The third-order valence-corrected chi connectivity index (χ3v) is 4.49. The lowest BCUT2D eigenvalue weighted by atomic mass is 9.68. The van der Waals surface area contributed by atoms with Crippen LogP contribution in [0.4, 0.5) is 0 Å². The third kappa shape index (κ3) is 1.27. The van der Waals surface area contributed by atoms with Crippen molar-refractivity contribution in [3.05, 3.63) is 0 Å². The molecule has 0 spiro atoms. The van der Waals surface area contributed by atoms with Crippen LogP contribution in [0.15, 0.2) is 5.16 Å². The summed E-state index contributed by atoms with van der Waals surface area (Å²) in [4.78, 5) is 0. The lowest BCUT2D eigenvalue weighted by Gasteiger charge is -2.37. The van der Waals surface area contributed by atoms with Crippen molar-refractivity contribution < 1.29 is 5.21 Å². The van der Waals surface area contributed by atoms with E-state index in [1.807, 2.05) is 0 Å². The molecule has 0 aromatic rings. The summed E-state index contributed by atoms with van der Waals surface area (Å²) in [6.45, 7) is 4.76. The Bertz CT molecular complexity index is 222. The zero-order valence-electron chi connectivity index (χ0n) is 8.53. The average Bonchev–Trinajstić information content (AvgIpc) is 2.60. The summed E-state index contributed by atoms with van der Waals surface area (Å²) < 4.78 is 0. The van der Waals surface area contributed by atoms with Crippen molar-refractivity contribution in [2.75, 3.05) is 0 Å². The molecule has 0 saturated heterocycles. The van der Waals surface area contributed by atoms with Gasteiger partial charge in [0.1, 0.15) is 0 Å². The van der Waals surface area contributed by atoms with Gasteiger partial charge in [-0.3, -0.25) is 0 Å². The van der Waals surface area contributed by atoms with Gasteiger partial charge in [0.2, 0.25) is 0 Å². The van der Waals surface area contributed by atoms with Crippen LogP contribution in [0.25, 0.3) is 0 Å². The fourth-order valence-corrected chi connectivity index (χ4v) is 3.62. The number of hydrogen-bond donors (Lipinski definition) is 1. The Morgan fingerprint density at radius 2 is 2.23 bits per heavy atom. The topological polar surface area (TPSA) is 32.6 Å². The highest BCUT2D eigenvalue weighted by atomic mass is 16.4. The molecule has 0 amide bonds. The summed E-state index contributed by atoms with van der Waals surface area (Å²) in [6.07, 6.45) is 6.87. The summed E-state index contributed by atoms with van der Waals surface area (Å²) in [7, 11) is 0. The molecule has 2 rings (SSSR count). The predicted octanol–water partition coefficient (Wildman–Crippen LogP) is 2.91. The number of hydrogen-bond acceptors (Lipinski definition) is 2. The quantitative estimate of drug-likeness (QED) is 0.396. The minimum absolute atomic E-state index is 0.476. The number of oxime groups is 1. The molecule has 2 nitrogen and oxygen atoms in total.